The number of aromatic nitrogens is 3. The van der Waals surface area contributed by atoms with Crippen LogP contribution in [0.3, 0.4) is 0 Å². The summed E-state index contributed by atoms with van der Waals surface area (Å²) in [5.41, 5.74) is 3.07. The van der Waals surface area contributed by atoms with Crippen LogP contribution in [-0.2, 0) is 0 Å². The van der Waals surface area contributed by atoms with Gasteiger partial charge in [0.1, 0.15) is 5.52 Å². The molecule has 0 unspecified atom stereocenters. The van der Waals surface area contributed by atoms with Gasteiger partial charge in [0.15, 0.2) is 0 Å². The first kappa shape index (κ1) is 6.34. The van der Waals surface area contributed by atoms with Crippen molar-refractivity contribution < 1.29 is 0 Å². The highest BCUT2D eigenvalue weighted by molar-refractivity contribution is 5.80. The van der Waals surface area contributed by atoms with Crippen molar-refractivity contribution in [2.45, 2.75) is 13.8 Å². The molecule has 2 heterocycles. The molecule has 0 aliphatic heterocycles. The SMILES string of the molecule is Cc1cc2c(C)[nH]nc2cn1. The number of hydrogen-bond acceptors (Lipinski definition) is 2. The van der Waals surface area contributed by atoms with Crippen molar-refractivity contribution in [2.75, 3.05) is 0 Å². The molecule has 0 aromatic carbocycles. The van der Waals surface area contributed by atoms with Crippen molar-refractivity contribution in [1.82, 2.24) is 15.2 Å². The van der Waals surface area contributed by atoms with Gasteiger partial charge in [-0.25, -0.2) is 0 Å². The summed E-state index contributed by atoms with van der Waals surface area (Å²) in [7, 11) is 0. The Labute approximate surface area is 64.5 Å². The quantitative estimate of drug-likeness (QED) is 0.614. The number of aromatic amines is 1. The van der Waals surface area contributed by atoms with E-state index in [2.05, 4.69) is 15.2 Å². The smallest absolute Gasteiger partial charge is 0.111 e. The molecule has 2 rings (SSSR count). The maximum Gasteiger partial charge on any atom is 0.111 e. The topological polar surface area (TPSA) is 41.6 Å². The van der Waals surface area contributed by atoms with Gasteiger partial charge < -0.3 is 0 Å². The van der Waals surface area contributed by atoms with Gasteiger partial charge in [0.05, 0.1) is 6.20 Å². The molecule has 0 radical (unpaired) electrons. The van der Waals surface area contributed by atoms with E-state index < -0.39 is 0 Å². The second-order valence-electron chi connectivity index (χ2n) is 2.69. The molecule has 0 fully saturated rings. The lowest BCUT2D eigenvalue weighted by atomic mass is 10.2. The zero-order valence-corrected chi connectivity index (χ0v) is 6.55. The molecule has 0 saturated heterocycles. The largest absolute Gasteiger partial charge is 0.282 e. The van der Waals surface area contributed by atoms with Gasteiger partial charge in [-0.3, -0.25) is 10.1 Å². The van der Waals surface area contributed by atoms with Gasteiger partial charge in [-0.05, 0) is 19.9 Å². The van der Waals surface area contributed by atoms with Crippen LogP contribution in [0.4, 0.5) is 0 Å². The van der Waals surface area contributed by atoms with Crippen LogP contribution >= 0.6 is 0 Å². The van der Waals surface area contributed by atoms with Crippen LogP contribution in [0, 0.1) is 13.8 Å². The first-order chi connectivity index (χ1) is 5.27. The lowest BCUT2D eigenvalue weighted by Gasteiger charge is -1.90. The average Bonchev–Trinajstić information content (AvgIpc) is 2.33. The van der Waals surface area contributed by atoms with Gasteiger partial charge in [0.2, 0.25) is 0 Å². The number of fused-ring (bicyclic) bond motifs is 1. The third-order valence-corrected chi connectivity index (χ3v) is 1.77. The van der Waals surface area contributed by atoms with E-state index in [0.29, 0.717) is 0 Å². The summed E-state index contributed by atoms with van der Waals surface area (Å²) >= 11 is 0. The Morgan fingerprint density at radius 3 is 3.00 bits per heavy atom. The second kappa shape index (κ2) is 2.05. The Kier molecular flexibility index (Phi) is 1.18. The average molecular weight is 147 g/mol. The van der Waals surface area contributed by atoms with Crippen LogP contribution in [0.1, 0.15) is 11.4 Å². The molecule has 56 valence electrons. The molecular formula is C8H9N3. The number of aryl methyl sites for hydroxylation is 2. The fourth-order valence-electron chi connectivity index (χ4n) is 1.15. The Hall–Kier alpha value is -1.38. The summed E-state index contributed by atoms with van der Waals surface area (Å²) in [4.78, 5) is 4.14. The number of nitrogens with one attached hydrogen (secondary N) is 1. The highest BCUT2D eigenvalue weighted by Crippen LogP contribution is 2.13. The minimum atomic E-state index is 0.938. The van der Waals surface area contributed by atoms with E-state index in [9.17, 15) is 0 Å². The van der Waals surface area contributed by atoms with Gasteiger partial charge in [0, 0.05) is 16.8 Å². The minimum absolute atomic E-state index is 0.938. The molecule has 3 nitrogen and oxygen atoms in total. The van der Waals surface area contributed by atoms with Crippen molar-refractivity contribution in [3.63, 3.8) is 0 Å². The maximum absolute atomic E-state index is 4.14. The molecule has 2 aromatic rings. The van der Waals surface area contributed by atoms with Crippen molar-refractivity contribution >= 4 is 10.9 Å². The summed E-state index contributed by atoms with van der Waals surface area (Å²) in [6, 6.07) is 2.04. The second-order valence-corrected chi connectivity index (χ2v) is 2.69. The predicted molar refractivity (Wildman–Crippen MR) is 43.4 cm³/mol. The van der Waals surface area contributed by atoms with Gasteiger partial charge in [-0.1, -0.05) is 0 Å². The Morgan fingerprint density at radius 2 is 2.18 bits per heavy atom. The van der Waals surface area contributed by atoms with Gasteiger partial charge in [-0.15, -0.1) is 0 Å². The third-order valence-electron chi connectivity index (χ3n) is 1.77. The number of pyridine rings is 1. The summed E-state index contributed by atoms with van der Waals surface area (Å²) < 4.78 is 0. The van der Waals surface area contributed by atoms with E-state index in [1.54, 1.807) is 6.20 Å². The van der Waals surface area contributed by atoms with Gasteiger partial charge >= 0.3 is 0 Å². The van der Waals surface area contributed by atoms with Crippen molar-refractivity contribution in [3.8, 4) is 0 Å². The molecule has 0 aliphatic carbocycles. The third kappa shape index (κ3) is 0.888. The van der Waals surface area contributed by atoms with Gasteiger partial charge in [0.25, 0.3) is 0 Å². The molecular weight excluding hydrogens is 138 g/mol. The minimum Gasteiger partial charge on any atom is -0.282 e. The van der Waals surface area contributed by atoms with Crippen LogP contribution in [0.25, 0.3) is 10.9 Å². The van der Waals surface area contributed by atoms with Crippen LogP contribution in [0.2, 0.25) is 0 Å². The molecule has 11 heavy (non-hydrogen) atoms. The highest BCUT2D eigenvalue weighted by Gasteiger charge is 1.99. The molecule has 0 spiro atoms. The molecule has 0 amide bonds. The Morgan fingerprint density at radius 1 is 1.36 bits per heavy atom. The first-order valence-corrected chi connectivity index (χ1v) is 3.55. The van der Waals surface area contributed by atoms with Crippen LogP contribution < -0.4 is 0 Å². The van der Waals surface area contributed by atoms with Crippen molar-refractivity contribution in [3.05, 3.63) is 23.7 Å². The van der Waals surface area contributed by atoms with Crippen molar-refractivity contribution in [1.29, 1.82) is 0 Å². The molecule has 1 N–H and O–H groups in total. The molecule has 0 bridgehead atoms. The fraction of sp³-hybridized carbons (Fsp3) is 0.250. The molecule has 3 heteroatoms. The Bertz CT molecular complexity index is 389. The zero-order chi connectivity index (χ0) is 7.84. The monoisotopic (exact) mass is 147 g/mol. The number of hydrogen-bond donors (Lipinski definition) is 1. The van der Waals surface area contributed by atoms with E-state index in [-0.39, 0.29) is 0 Å². The van der Waals surface area contributed by atoms with Crippen molar-refractivity contribution in [2.24, 2.45) is 0 Å². The fourth-order valence-corrected chi connectivity index (χ4v) is 1.15. The lowest BCUT2D eigenvalue weighted by molar-refractivity contribution is 1.07. The normalized spacial score (nSPS) is 10.7. The summed E-state index contributed by atoms with van der Waals surface area (Å²) in [6.07, 6.45) is 1.79. The maximum atomic E-state index is 4.14. The Balaban J connectivity index is 2.87. The van der Waals surface area contributed by atoms with Crippen LogP contribution in [0.5, 0.6) is 0 Å². The summed E-state index contributed by atoms with van der Waals surface area (Å²) in [5, 5.41) is 8.15. The van der Waals surface area contributed by atoms with E-state index in [1.165, 1.54) is 0 Å². The first-order valence-electron chi connectivity index (χ1n) is 3.55. The molecule has 0 saturated carbocycles. The molecule has 2 aromatic heterocycles. The molecule has 0 aliphatic rings. The van der Waals surface area contributed by atoms with Gasteiger partial charge in [-0.2, -0.15) is 5.10 Å². The predicted octanol–water partition coefficient (Wildman–Crippen LogP) is 1.57. The summed E-state index contributed by atoms with van der Waals surface area (Å²) in [5.74, 6) is 0. The number of nitrogens with zero attached hydrogens (tertiary/aromatic N) is 2. The lowest BCUT2D eigenvalue weighted by Crippen LogP contribution is -1.78. The zero-order valence-electron chi connectivity index (χ0n) is 6.55. The van der Waals surface area contributed by atoms with E-state index in [4.69, 9.17) is 0 Å². The highest BCUT2D eigenvalue weighted by atomic mass is 15.1. The van der Waals surface area contributed by atoms with Crippen LogP contribution in [-0.4, -0.2) is 15.2 Å². The van der Waals surface area contributed by atoms with E-state index >= 15 is 0 Å². The standard InChI is InChI=1S/C8H9N3/c1-5-3-7-6(2)10-11-8(7)4-9-5/h3-4H,1-2H3,(H,10,11). The van der Waals surface area contributed by atoms with E-state index in [1.807, 2.05) is 19.9 Å². The number of rotatable bonds is 0. The number of H-pyrrole nitrogens is 1. The molecule has 0 atom stereocenters. The van der Waals surface area contributed by atoms with E-state index in [0.717, 1.165) is 22.3 Å². The van der Waals surface area contributed by atoms with Crippen LogP contribution in [0.15, 0.2) is 12.3 Å². The summed E-state index contributed by atoms with van der Waals surface area (Å²) in [6.45, 7) is 3.99.